The van der Waals surface area contributed by atoms with Gasteiger partial charge in [-0.25, -0.2) is 0 Å². The van der Waals surface area contributed by atoms with Crippen LogP contribution in [0, 0.1) is 0 Å². The van der Waals surface area contributed by atoms with Crippen LogP contribution in [0.1, 0.15) is 13.8 Å². The summed E-state index contributed by atoms with van der Waals surface area (Å²) in [6.07, 6.45) is -1.44. The van der Waals surface area contributed by atoms with Gasteiger partial charge in [0.05, 0.1) is 0 Å². The highest BCUT2D eigenvalue weighted by Gasteiger charge is 2.33. The molecule has 1 fully saturated rings. The van der Waals surface area contributed by atoms with Crippen LogP contribution in [0.15, 0.2) is 0 Å². The Hall–Kier alpha value is -1.02. The zero-order chi connectivity index (χ0) is 13.7. The van der Waals surface area contributed by atoms with E-state index in [1.807, 2.05) is 0 Å². The summed E-state index contributed by atoms with van der Waals surface area (Å²) in [6, 6.07) is 0. The van der Waals surface area contributed by atoms with Gasteiger partial charge < -0.3 is 9.47 Å². The lowest BCUT2D eigenvalue weighted by molar-refractivity contribution is -0.161. The summed E-state index contributed by atoms with van der Waals surface area (Å²) in [7, 11) is 0. The average Bonchev–Trinajstić information content (AvgIpc) is 2.26. The number of rotatable bonds is 2. The highest BCUT2D eigenvalue weighted by Crippen LogP contribution is 2.23. The van der Waals surface area contributed by atoms with Gasteiger partial charge in [-0.15, -0.1) is 0 Å². The van der Waals surface area contributed by atoms with Gasteiger partial charge in [-0.2, -0.15) is 0 Å². The summed E-state index contributed by atoms with van der Waals surface area (Å²) in [5.41, 5.74) is 0. The van der Waals surface area contributed by atoms with E-state index >= 15 is 0 Å². The fourth-order valence-corrected chi connectivity index (χ4v) is 3.08. The largest absolute Gasteiger partial charge is 0.458 e. The normalized spacial score (nSPS) is 25.0. The summed E-state index contributed by atoms with van der Waals surface area (Å²) in [6.45, 7) is 2.46. The van der Waals surface area contributed by atoms with E-state index in [0.717, 1.165) is 23.5 Å². The molecule has 1 aliphatic rings. The molecule has 2 atom stereocenters. The molecule has 18 heavy (non-hydrogen) atoms. The molecule has 0 aromatic rings. The zero-order valence-electron chi connectivity index (χ0n) is 9.83. The third-order valence-electron chi connectivity index (χ3n) is 1.97. The molecule has 0 bridgehead atoms. The second kappa shape index (κ2) is 6.79. The smallest absolute Gasteiger partial charge is 0.303 e. The van der Waals surface area contributed by atoms with Gasteiger partial charge in [-0.3, -0.25) is 19.2 Å². The van der Waals surface area contributed by atoms with E-state index in [-0.39, 0.29) is 11.5 Å². The van der Waals surface area contributed by atoms with Crippen molar-refractivity contribution < 1.29 is 28.7 Å². The monoisotopic (exact) mass is 292 g/mol. The van der Waals surface area contributed by atoms with Crippen LogP contribution in [0.4, 0.5) is 0 Å². The first-order chi connectivity index (χ1) is 8.40. The number of carbonyl (C=O) groups is 4. The van der Waals surface area contributed by atoms with E-state index in [0.29, 0.717) is 0 Å². The van der Waals surface area contributed by atoms with E-state index < -0.39 is 34.4 Å². The second-order valence-electron chi connectivity index (χ2n) is 3.49. The Bertz CT molecular complexity index is 345. The molecule has 6 nitrogen and oxygen atoms in total. The van der Waals surface area contributed by atoms with Crippen molar-refractivity contribution in [2.75, 3.05) is 11.5 Å². The lowest BCUT2D eigenvalue weighted by atomic mass is 10.2. The third-order valence-corrected chi connectivity index (χ3v) is 3.99. The van der Waals surface area contributed by atoms with E-state index in [9.17, 15) is 19.2 Å². The quantitative estimate of drug-likeness (QED) is 0.533. The molecule has 0 aromatic heterocycles. The Morgan fingerprint density at radius 2 is 1.28 bits per heavy atom. The SMILES string of the molecule is CC(=O)O[C@H]1CSC(=O)C(=O)SC[C@@H]1OC(C)=O. The molecular formula is C10H12O6S2. The zero-order valence-corrected chi connectivity index (χ0v) is 11.5. The first-order valence-corrected chi connectivity index (χ1v) is 7.05. The molecule has 0 aromatic carbocycles. The van der Waals surface area contributed by atoms with Gasteiger partial charge in [0.2, 0.25) is 0 Å². The van der Waals surface area contributed by atoms with Gasteiger partial charge in [0.15, 0.2) is 0 Å². The maximum absolute atomic E-state index is 11.3. The van der Waals surface area contributed by atoms with Crippen molar-refractivity contribution in [2.45, 2.75) is 26.1 Å². The number of ether oxygens (including phenoxy) is 2. The van der Waals surface area contributed by atoms with E-state index in [1.165, 1.54) is 13.8 Å². The Kier molecular flexibility index (Phi) is 5.67. The van der Waals surface area contributed by atoms with Crippen molar-refractivity contribution in [1.82, 2.24) is 0 Å². The predicted molar refractivity (Wildman–Crippen MR) is 66.0 cm³/mol. The summed E-state index contributed by atoms with van der Waals surface area (Å²) in [4.78, 5) is 44.5. The molecule has 100 valence electrons. The van der Waals surface area contributed by atoms with Crippen molar-refractivity contribution in [2.24, 2.45) is 0 Å². The number of hydrogen-bond donors (Lipinski definition) is 0. The van der Waals surface area contributed by atoms with Crippen LogP contribution in [-0.2, 0) is 28.7 Å². The first kappa shape index (κ1) is 15.0. The molecule has 0 N–H and O–H groups in total. The fraction of sp³-hybridized carbons (Fsp3) is 0.600. The minimum Gasteiger partial charge on any atom is -0.458 e. The van der Waals surface area contributed by atoms with E-state index in [4.69, 9.17) is 9.47 Å². The number of carbonyl (C=O) groups excluding carboxylic acids is 4. The van der Waals surface area contributed by atoms with Crippen LogP contribution < -0.4 is 0 Å². The molecule has 0 radical (unpaired) electrons. The minimum absolute atomic E-state index is 0.0999. The molecule has 0 unspecified atom stereocenters. The van der Waals surface area contributed by atoms with Gasteiger partial charge in [0, 0.05) is 25.4 Å². The van der Waals surface area contributed by atoms with Crippen molar-refractivity contribution in [3.8, 4) is 0 Å². The van der Waals surface area contributed by atoms with Gasteiger partial charge in [-0.05, 0) is 0 Å². The Balaban J connectivity index is 2.78. The van der Waals surface area contributed by atoms with Crippen molar-refractivity contribution in [3.63, 3.8) is 0 Å². The number of hydrogen-bond acceptors (Lipinski definition) is 8. The molecule has 1 rings (SSSR count). The van der Waals surface area contributed by atoms with Gasteiger partial charge in [0.25, 0.3) is 10.2 Å². The molecule has 0 amide bonds. The highest BCUT2D eigenvalue weighted by molar-refractivity contribution is 8.24. The maximum Gasteiger partial charge on any atom is 0.303 e. The van der Waals surface area contributed by atoms with E-state index in [1.54, 1.807) is 0 Å². The fourth-order valence-electron chi connectivity index (χ4n) is 1.29. The van der Waals surface area contributed by atoms with Crippen LogP contribution >= 0.6 is 23.5 Å². The predicted octanol–water partition coefficient (Wildman–Crippen LogP) is 0.383. The second-order valence-corrected chi connectivity index (χ2v) is 5.48. The summed E-state index contributed by atoms with van der Waals surface area (Å²) in [5, 5.41) is -1.17. The number of thioether (sulfide) groups is 2. The third kappa shape index (κ3) is 4.69. The van der Waals surface area contributed by atoms with Crippen molar-refractivity contribution in [1.29, 1.82) is 0 Å². The minimum atomic E-state index is -0.721. The molecule has 0 saturated carbocycles. The molecule has 8 heteroatoms. The Morgan fingerprint density at radius 1 is 0.944 bits per heavy atom. The van der Waals surface area contributed by atoms with Crippen molar-refractivity contribution in [3.05, 3.63) is 0 Å². The van der Waals surface area contributed by atoms with E-state index in [2.05, 4.69) is 0 Å². The van der Waals surface area contributed by atoms with Crippen LogP contribution in [0.2, 0.25) is 0 Å². The molecule has 1 heterocycles. The lowest BCUT2D eigenvalue weighted by Crippen LogP contribution is -2.40. The first-order valence-electron chi connectivity index (χ1n) is 5.08. The Labute approximate surface area is 112 Å². The van der Waals surface area contributed by atoms with Gasteiger partial charge in [0.1, 0.15) is 12.2 Å². The average molecular weight is 292 g/mol. The Morgan fingerprint density at radius 3 is 1.56 bits per heavy atom. The molecular weight excluding hydrogens is 280 g/mol. The summed E-state index contributed by atoms with van der Waals surface area (Å²) in [5.74, 6) is -0.852. The van der Waals surface area contributed by atoms with Crippen molar-refractivity contribution >= 4 is 45.7 Å². The summed E-state index contributed by atoms with van der Waals surface area (Å²) < 4.78 is 10.0. The van der Waals surface area contributed by atoms with Crippen LogP contribution in [0.3, 0.4) is 0 Å². The van der Waals surface area contributed by atoms with Crippen LogP contribution in [-0.4, -0.2) is 45.9 Å². The van der Waals surface area contributed by atoms with Crippen LogP contribution in [0.25, 0.3) is 0 Å². The maximum atomic E-state index is 11.3. The number of esters is 2. The standard InChI is InChI=1S/C10H12O6S2/c1-5(11)15-7-3-17-9(13)10(14)18-4-8(7)16-6(2)12/h7-8H,3-4H2,1-2H3/t7-,8-/m0/s1. The molecule has 0 spiro atoms. The van der Waals surface area contributed by atoms with Gasteiger partial charge >= 0.3 is 11.9 Å². The topological polar surface area (TPSA) is 86.7 Å². The highest BCUT2D eigenvalue weighted by atomic mass is 32.2. The summed E-state index contributed by atoms with van der Waals surface area (Å²) >= 11 is 1.53. The van der Waals surface area contributed by atoms with Gasteiger partial charge in [-0.1, -0.05) is 23.5 Å². The molecule has 0 aliphatic carbocycles. The lowest BCUT2D eigenvalue weighted by Gasteiger charge is -2.26. The molecule has 1 saturated heterocycles. The molecule has 1 aliphatic heterocycles. The van der Waals surface area contributed by atoms with Crippen LogP contribution in [0.5, 0.6) is 0 Å².